The fourth-order valence-corrected chi connectivity index (χ4v) is 12.2. The molecule has 6 aliphatic rings. The average Bonchev–Trinajstić information content (AvgIpc) is 3.44. The Hall–Kier alpha value is -2.26. The average molecular weight is 843 g/mol. The molecule has 0 amide bonds. The number of hydrogen-bond acceptors (Lipinski definition) is 12. The minimum absolute atomic E-state index is 0. The van der Waals surface area contributed by atoms with Crippen molar-refractivity contribution in [1.82, 2.24) is 0 Å². The van der Waals surface area contributed by atoms with E-state index in [-0.39, 0.29) is 56.2 Å². The molecule has 2 aliphatic heterocycles. The van der Waals surface area contributed by atoms with Crippen molar-refractivity contribution in [2.75, 3.05) is 13.2 Å². The van der Waals surface area contributed by atoms with E-state index in [0.29, 0.717) is 37.5 Å². The van der Waals surface area contributed by atoms with E-state index in [2.05, 4.69) is 33.8 Å². The summed E-state index contributed by atoms with van der Waals surface area (Å²) in [4.78, 5) is 27.1. The molecule has 5 fully saturated rings. The fraction of sp³-hybridized carbons (Fsp3) is 0.792. The van der Waals surface area contributed by atoms with Gasteiger partial charge < -0.3 is 49.2 Å². The van der Waals surface area contributed by atoms with Crippen LogP contribution in [0.1, 0.15) is 119 Å². The molecule has 0 radical (unpaired) electrons. The zero-order chi connectivity index (χ0) is 42.4. The molecule has 12 nitrogen and oxygen atoms in total. The topological polar surface area (TPSA) is 181 Å². The molecule has 0 spiro atoms. The molecule has 0 aromatic heterocycles. The van der Waals surface area contributed by atoms with E-state index in [1.165, 1.54) is 5.57 Å². The first-order valence-electron chi connectivity index (χ1n) is 22.4. The predicted molar refractivity (Wildman–Crippen MR) is 224 cm³/mol. The normalized spacial score (nSPS) is 43.1. The summed E-state index contributed by atoms with van der Waals surface area (Å²) < 4.78 is 31.0. The second-order valence-corrected chi connectivity index (χ2v) is 19.8. The van der Waals surface area contributed by atoms with Gasteiger partial charge in [0.05, 0.1) is 31.5 Å². The second-order valence-electron chi connectivity index (χ2n) is 19.8. The Kier molecular flexibility index (Phi) is 14.8. The number of rotatable bonds is 13. The van der Waals surface area contributed by atoms with Gasteiger partial charge in [-0.1, -0.05) is 91.0 Å². The van der Waals surface area contributed by atoms with Crippen LogP contribution in [0.15, 0.2) is 42.0 Å². The van der Waals surface area contributed by atoms with Crippen molar-refractivity contribution in [3.63, 3.8) is 0 Å². The number of Topliss-reactive ketones (excluding diaryl/α,β-unsaturated/α-hetero) is 1. The number of aryl methyl sites for hydroxylation is 1. The lowest BCUT2D eigenvalue weighted by Crippen LogP contribution is -2.62. The SMILES string of the molecule is C.CC(C)CCC(=O)[C@@H](C)[C@@]1(O)[C@@H](OC2OCC(O)C(OC3OCC(O)C(O)C3OC(=O)CCc3ccccc3)C2C)C[C@H]2[C@@H]3CC=C4C[C@@H](O)CC[C@]4(C)C3CC[C@@]21C. The third kappa shape index (κ3) is 8.80. The van der Waals surface area contributed by atoms with E-state index in [4.69, 9.17) is 23.7 Å². The molecule has 5 N–H and O–H groups in total. The lowest BCUT2D eigenvalue weighted by molar-refractivity contribution is -0.335. The van der Waals surface area contributed by atoms with Gasteiger partial charge in [0.1, 0.15) is 29.7 Å². The number of hydrogen-bond donors (Lipinski definition) is 5. The van der Waals surface area contributed by atoms with Crippen LogP contribution in [0.25, 0.3) is 0 Å². The van der Waals surface area contributed by atoms with E-state index in [1.807, 2.05) is 44.2 Å². The second kappa shape index (κ2) is 18.8. The van der Waals surface area contributed by atoms with Crippen molar-refractivity contribution in [2.45, 2.75) is 181 Å². The number of ether oxygens (including phenoxy) is 5. The number of benzene rings is 1. The van der Waals surface area contributed by atoms with Gasteiger partial charge in [-0.25, -0.2) is 0 Å². The Bertz CT molecular complexity index is 1650. The van der Waals surface area contributed by atoms with E-state index in [0.717, 1.165) is 44.1 Å². The molecule has 1 aromatic rings. The van der Waals surface area contributed by atoms with Gasteiger partial charge >= 0.3 is 5.97 Å². The van der Waals surface area contributed by atoms with E-state index < -0.39 is 78.0 Å². The predicted octanol–water partition coefficient (Wildman–Crippen LogP) is 5.68. The number of carbonyl (C=O) groups is 2. The first-order valence-corrected chi connectivity index (χ1v) is 22.4. The lowest BCUT2D eigenvalue weighted by atomic mass is 9.46. The monoisotopic (exact) mass is 843 g/mol. The molecule has 1 aromatic carbocycles. The highest BCUT2D eigenvalue weighted by molar-refractivity contribution is 5.82. The molecule has 12 heteroatoms. The molecule has 338 valence electrons. The first kappa shape index (κ1) is 47.2. The quantitative estimate of drug-likeness (QED) is 0.121. The highest BCUT2D eigenvalue weighted by Crippen LogP contribution is 2.69. The van der Waals surface area contributed by atoms with Gasteiger partial charge in [-0.3, -0.25) is 9.59 Å². The molecule has 2 saturated heterocycles. The maximum Gasteiger partial charge on any atom is 0.306 e. The smallest absolute Gasteiger partial charge is 0.306 e. The molecule has 60 heavy (non-hydrogen) atoms. The molecule has 2 heterocycles. The Labute approximate surface area is 357 Å². The van der Waals surface area contributed by atoms with Crippen LogP contribution in [-0.2, 0) is 39.7 Å². The fourth-order valence-electron chi connectivity index (χ4n) is 12.2. The highest BCUT2D eigenvalue weighted by atomic mass is 16.7. The van der Waals surface area contributed by atoms with E-state index >= 15 is 0 Å². The van der Waals surface area contributed by atoms with Crippen molar-refractivity contribution < 1.29 is 58.8 Å². The van der Waals surface area contributed by atoms with E-state index in [9.17, 15) is 35.1 Å². The van der Waals surface area contributed by atoms with Crippen LogP contribution in [0.3, 0.4) is 0 Å². The molecular weight excluding hydrogens is 769 g/mol. The number of esters is 1. The Morgan fingerprint density at radius 1 is 0.883 bits per heavy atom. The number of aliphatic hydroxyl groups excluding tert-OH is 4. The van der Waals surface area contributed by atoms with Crippen LogP contribution in [0.2, 0.25) is 0 Å². The number of aliphatic hydroxyl groups is 5. The number of fused-ring (bicyclic) bond motifs is 5. The van der Waals surface area contributed by atoms with Gasteiger partial charge in [-0.2, -0.15) is 0 Å². The van der Waals surface area contributed by atoms with Crippen LogP contribution in [0.4, 0.5) is 0 Å². The lowest BCUT2D eigenvalue weighted by Gasteiger charge is -2.59. The van der Waals surface area contributed by atoms with Gasteiger partial charge in [0, 0.05) is 30.1 Å². The van der Waals surface area contributed by atoms with Crippen LogP contribution in [0.5, 0.6) is 0 Å². The zero-order valence-corrected chi connectivity index (χ0v) is 35.9. The molecule has 3 saturated carbocycles. The maximum atomic E-state index is 14.1. The maximum absolute atomic E-state index is 14.1. The molecule has 17 atom stereocenters. The van der Waals surface area contributed by atoms with Crippen molar-refractivity contribution >= 4 is 11.8 Å². The molecule has 9 unspecified atom stereocenters. The number of carbonyl (C=O) groups excluding carboxylic acids is 2. The summed E-state index contributed by atoms with van der Waals surface area (Å²) in [5.74, 6) is -0.842. The van der Waals surface area contributed by atoms with E-state index in [1.54, 1.807) is 0 Å². The minimum Gasteiger partial charge on any atom is -0.454 e. The number of ketones is 1. The van der Waals surface area contributed by atoms with Crippen molar-refractivity contribution in [2.24, 2.45) is 46.3 Å². The largest absolute Gasteiger partial charge is 0.454 e. The number of allylic oxidation sites excluding steroid dienone is 1. The third-order valence-corrected chi connectivity index (χ3v) is 16.0. The zero-order valence-electron chi connectivity index (χ0n) is 35.9. The summed E-state index contributed by atoms with van der Waals surface area (Å²) in [5, 5.41) is 56.7. The third-order valence-electron chi connectivity index (χ3n) is 16.0. The highest BCUT2D eigenvalue weighted by Gasteiger charge is 2.70. The molecule has 0 bridgehead atoms. The Morgan fingerprint density at radius 3 is 2.30 bits per heavy atom. The molecular formula is C48H74O12. The summed E-state index contributed by atoms with van der Waals surface area (Å²) in [5.41, 5.74) is 0.162. The Balaban J connectivity index is 0.00000604. The molecule has 4 aliphatic carbocycles. The standard InChI is InChI=1S/C47H70O12.CH4/c1-26(2)12-16-35(49)28(4)47(54)38(23-34-32-15-14-30-22-31(48)18-20-45(30,5)33(32)19-21-46(34,47)6)57-43-27(3)41(37(51)25-55-43)59-44-42(40(53)36(50)24-56-44)58-39(52)17-13-29-10-8-7-9-11-29;/h7-11,14,26-28,31-34,36-38,40-44,48,50-51,53-54H,12-13,15-25H2,1-6H3;1H4/t27?,28-,31+,32-,33?,34+,36?,37?,38+,40?,41?,42?,43?,44?,45+,46+,47-;/m1./s1. The van der Waals surface area contributed by atoms with Crippen molar-refractivity contribution in [3.8, 4) is 0 Å². The molecule has 7 rings (SSSR count). The Morgan fingerprint density at radius 2 is 1.58 bits per heavy atom. The van der Waals surface area contributed by atoms with Crippen LogP contribution >= 0.6 is 0 Å². The van der Waals surface area contributed by atoms with Gasteiger partial charge in [0.15, 0.2) is 18.7 Å². The van der Waals surface area contributed by atoms with Gasteiger partial charge in [-0.15, -0.1) is 0 Å². The van der Waals surface area contributed by atoms with Crippen molar-refractivity contribution in [3.05, 3.63) is 47.5 Å². The van der Waals surface area contributed by atoms with Crippen LogP contribution < -0.4 is 0 Å². The van der Waals surface area contributed by atoms with Gasteiger partial charge in [0.25, 0.3) is 0 Å². The summed E-state index contributed by atoms with van der Waals surface area (Å²) in [7, 11) is 0. The first-order chi connectivity index (χ1) is 28.0. The summed E-state index contributed by atoms with van der Waals surface area (Å²) in [6.45, 7) is 12.0. The summed E-state index contributed by atoms with van der Waals surface area (Å²) >= 11 is 0. The van der Waals surface area contributed by atoms with Crippen LogP contribution in [0, 0.1) is 46.3 Å². The summed E-state index contributed by atoms with van der Waals surface area (Å²) in [6.07, 6.45) is -0.182. The minimum atomic E-state index is -1.51. The summed E-state index contributed by atoms with van der Waals surface area (Å²) in [6, 6.07) is 9.47. The van der Waals surface area contributed by atoms with Crippen molar-refractivity contribution in [1.29, 1.82) is 0 Å². The van der Waals surface area contributed by atoms with Crippen LogP contribution in [-0.4, -0.2) is 111 Å². The van der Waals surface area contributed by atoms with Gasteiger partial charge in [0.2, 0.25) is 0 Å². The van der Waals surface area contributed by atoms with Gasteiger partial charge in [-0.05, 0) is 92.4 Å².